The van der Waals surface area contributed by atoms with Crippen LogP contribution in [0.25, 0.3) is 0 Å². The molecule has 2 aromatic rings. The van der Waals surface area contributed by atoms with E-state index < -0.39 is 5.92 Å². The van der Waals surface area contributed by atoms with E-state index in [4.69, 9.17) is 19.9 Å². The molecule has 1 atom stereocenters. The SMILES string of the molecule is COc1ccc([C@@H]2C(C#N)=C(N)Oc3cc(C)n(CC[NH+](C)C)c(=O)c32)c(OC)c1. The summed E-state index contributed by atoms with van der Waals surface area (Å²) in [6.07, 6.45) is 0. The molecule has 0 saturated carbocycles. The summed E-state index contributed by atoms with van der Waals surface area (Å²) in [4.78, 5) is 14.8. The molecular formula is C22H27N4O4+. The van der Waals surface area contributed by atoms with E-state index >= 15 is 0 Å². The lowest BCUT2D eigenvalue weighted by Gasteiger charge is -2.28. The van der Waals surface area contributed by atoms with Crippen molar-refractivity contribution in [2.24, 2.45) is 5.73 Å². The summed E-state index contributed by atoms with van der Waals surface area (Å²) in [6, 6.07) is 9.19. The first-order valence-corrected chi connectivity index (χ1v) is 9.65. The number of rotatable bonds is 6. The summed E-state index contributed by atoms with van der Waals surface area (Å²) in [7, 11) is 7.16. The molecular weight excluding hydrogens is 384 g/mol. The first-order chi connectivity index (χ1) is 14.3. The van der Waals surface area contributed by atoms with Gasteiger partial charge in [-0.2, -0.15) is 5.26 Å². The van der Waals surface area contributed by atoms with Gasteiger partial charge in [-0.1, -0.05) is 6.07 Å². The van der Waals surface area contributed by atoms with Gasteiger partial charge in [-0.3, -0.25) is 4.79 Å². The minimum Gasteiger partial charge on any atom is -0.497 e. The maximum absolute atomic E-state index is 13.6. The number of hydrogen-bond acceptors (Lipinski definition) is 6. The predicted molar refractivity (Wildman–Crippen MR) is 112 cm³/mol. The topological polar surface area (TPSA) is 104 Å². The Kier molecular flexibility index (Phi) is 6.04. The molecule has 1 aliphatic heterocycles. The molecule has 1 aromatic heterocycles. The smallest absolute Gasteiger partial charge is 0.258 e. The molecule has 0 unspecified atom stereocenters. The number of fused-ring (bicyclic) bond motifs is 1. The second-order valence-electron chi connectivity index (χ2n) is 7.51. The summed E-state index contributed by atoms with van der Waals surface area (Å²) in [5, 5.41) is 9.83. The molecule has 0 saturated heterocycles. The van der Waals surface area contributed by atoms with Crippen LogP contribution >= 0.6 is 0 Å². The fourth-order valence-electron chi connectivity index (χ4n) is 3.67. The second kappa shape index (κ2) is 8.51. The highest BCUT2D eigenvalue weighted by Gasteiger charge is 2.36. The average Bonchev–Trinajstić information content (AvgIpc) is 2.71. The summed E-state index contributed by atoms with van der Waals surface area (Å²) in [5.41, 5.74) is 7.85. The summed E-state index contributed by atoms with van der Waals surface area (Å²) in [6.45, 7) is 3.19. The zero-order valence-corrected chi connectivity index (χ0v) is 17.9. The summed E-state index contributed by atoms with van der Waals surface area (Å²) < 4.78 is 18.2. The zero-order chi connectivity index (χ0) is 22.0. The van der Waals surface area contributed by atoms with Crippen LogP contribution in [0.1, 0.15) is 22.7 Å². The number of nitriles is 1. The van der Waals surface area contributed by atoms with Gasteiger partial charge in [0.1, 0.15) is 28.9 Å². The highest BCUT2D eigenvalue weighted by Crippen LogP contribution is 2.44. The van der Waals surface area contributed by atoms with E-state index in [9.17, 15) is 10.1 Å². The van der Waals surface area contributed by atoms with Crippen molar-refractivity contribution in [2.45, 2.75) is 19.4 Å². The van der Waals surface area contributed by atoms with E-state index in [1.165, 1.54) is 12.0 Å². The van der Waals surface area contributed by atoms with Crippen LogP contribution in [-0.2, 0) is 6.54 Å². The average molecular weight is 411 g/mol. The van der Waals surface area contributed by atoms with Crippen molar-refractivity contribution in [3.63, 3.8) is 0 Å². The minimum atomic E-state index is -0.703. The third-order valence-corrected chi connectivity index (χ3v) is 5.28. The Morgan fingerprint density at radius 2 is 2.00 bits per heavy atom. The zero-order valence-electron chi connectivity index (χ0n) is 17.9. The van der Waals surface area contributed by atoms with E-state index in [0.29, 0.717) is 34.9 Å². The van der Waals surface area contributed by atoms with E-state index in [0.717, 1.165) is 12.2 Å². The quantitative estimate of drug-likeness (QED) is 0.719. The van der Waals surface area contributed by atoms with Gasteiger partial charge >= 0.3 is 0 Å². The van der Waals surface area contributed by atoms with Gasteiger partial charge in [0.05, 0.1) is 52.9 Å². The number of pyridine rings is 1. The fourth-order valence-corrected chi connectivity index (χ4v) is 3.67. The van der Waals surface area contributed by atoms with Gasteiger partial charge in [-0.05, 0) is 13.0 Å². The Labute approximate surface area is 175 Å². The molecule has 0 aliphatic carbocycles. The number of nitrogens with two attached hydrogens (primary N) is 1. The van der Waals surface area contributed by atoms with Gasteiger partial charge in [0.15, 0.2) is 0 Å². The van der Waals surface area contributed by atoms with Crippen LogP contribution in [0.4, 0.5) is 0 Å². The molecule has 3 rings (SSSR count). The lowest BCUT2D eigenvalue weighted by atomic mass is 9.83. The molecule has 30 heavy (non-hydrogen) atoms. The Bertz CT molecular complexity index is 1100. The van der Waals surface area contributed by atoms with Crippen molar-refractivity contribution in [3.05, 3.63) is 62.9 Å². The Morgan fingerprint density at radius 3 is 2.60 bits per heavy atom. The lowest BCUT2D eigenvalue weighted by molar-refractivity contribution is -0.858. The summed E-state index contributed by atoms with van der Waals surface area (Å²) in [5.74, 6) is 0.753. The van der Waals surface area contributed by atoms with Crippen molar-refractivity contribution in [3.8, 4) is 23.3 Å². The lowest BCUT2D eigenvalue weighted by Crippen LogP contribution is -3.06. The normalized spacial score (nSPS) is 15.4. The van der Waals surface area contributed by atoms with Gasteiger partial charge in [-0.25, -0.2) is 0 Å². The number of benzene rings is 1. The van der Waals surface area contributed by atoms with Crippen LogP contribution in [-0.4, -0.2) is 39.4 Å². The largest absolute Gasteiger partial charge is 0.497 e. The Morgan fingerprint density at radius 1 is 1.27 bits per heavy atom. The molecule has 2 heterocycles. The van der Waals surface area contributed by atoms with Crippen molar-refractivity contribution >= 4 is 0 Å². The van der Waals surface area contributed by atoms with Gasteiger partial charge < -0.3 is 29.4 Å². The Hall–Kier alpha value is -3.44. The highest BCUT2D eigenvalue weighted by molar-refractivity contribution is 5.59. The van der Waals surface area contributed by atoms with Gasteiger partial charge in [0, 0.05) is 23.4 Å². The molecule has 3 N–H and O–H groups in total. The fraction of sp³-hybridized carbons (Fsp3) is 0.364. The van der Waals surface area contributed by atoms with Crippen LogP contribution in [0.2, 0.25) is 0 Å². The molecule has 158 valence electrons. The van der Waals surface area contributed by atoms with Crippen molar-refractivity contribution < 1.29 is 19.1 Å². The second-order valence-corrected chi connectivity index (χ2v) is 7.51. The number of quaternary nitrogens is 1. The number of aryl methyl sites for hydroxylation is 1. The first kappa shape index (κ1) is 21.3. The third-order valence-electron chi connectivity index (χ3n) is 5.28. The molecule has 0 amide bonds. The molecule has 0 bridgehead atoms. The first-order valence-electron chi connectivity index (χ1n) is 9.65. The van der Waals surface area contributed by atoms with Crippen LogP contribution in [0.15, 0.2) is 40.5 Å². The van der Waals surface area contributed by atoms with Crippen LogP contribution < -0.4 is 30.4 Å². The van der Waals surface area contributed by atoms with Gasteiger partial charge in [0.25, 0.3) is 5.56 Å². The monoisotopic (exact) mass is 411 g/mol. The van der Waals surface area contributed by atoms with Crippen LogP contribution in [0.3, 0.4) is 0 Å². The van der Waals surface area contributed by atoms with Crippen molar-refractivity contribution in [1.82, 2.24) is 4.57 Å². The number of nitrogens with one attached hydrogen (secondary N) is 1. The molecule has 8 heteroatoms. The standard InChI is InChI=1S/C22H26N4O4/c1-13-10-18-20(22(27)26(13)9-8-25(2)3)19(16(12-23)21(24)30-18)15-7-6-14(28-4)11-17(15)29-5/h6-7,10-11,19H,8-9,24H2,1-5H3/p+1/t19-/m1/s1. The van der Waals surface area contributed by atoms with Crippen LogP contribution in [0.5, 0.6) is 17.2 Å². The number of ether oxygens (including phenoxy) is 3. The number of likely N-dealkylation sites (N-methyl/N-ethyl adjacent to an activating group) is 1. The third kappa shape index (κ3) is 3.72. The van der Waals surface area contributed by atoms with Gasteiger partial charge in [-0.15, -0.1) is 0 Å². The van der Waals surface area contributed by atoms with E-state index in [1.54, 1.807) is 35.9 Å². The molecule has 1 aliphatic rings. The summed E-state index contributed by atoms with van der Waals surface area (Å²) >= 11 is 0. The number of allylic oxidation sites excluding steroid dienone is 1. The molecule has 1 aromatic carbocycles. The predicted octanol–water partition coefficient (Wildman–Crippen LogP) is 0.537. The van der Waals surface area contributed by atoms with Crippen molar-refractivity contribution in [1.29, 1.82) is 5.26 Å². The number of hydrogen-bond donors (Lipinski definition) is 2. The van der Waals surface area contributed by atoms with E-state index in [-0.39, 0.29) is 17.0 Å². The maximum Gasteiger partial charge on any atom is 0.258 e. The Balaban J connectivity index is 2.28. The van der Waals surface area contributed by atoms with Gasteiger partial charge in [0.2, 0.25) is 5.88 Å². The van der Waals surface area contributed by atoms with E-state index in [1.807, 2.05) is 21.0 Å². The maximum atomic E-state index is 13.6. The molecule has 0 radical (unpaired) electrons. The van der Waals surface area contributed by atoms with Crippen LogP contribution in [0, 0.1) is 18.3 Å². The molecule has 0 spiro atoms. The highest BCUT2D eigenvalue weighted by atomic mass is 16.5. The number of aromatic nitrogens is 1. The molecule has 8 nitrogen and oxygen atoms in total. The minimum absolute atomic E-state index is 0.0119. The number of methoxy groups -OCH3 is 2. The van der Waals surface area contributed by atoms with E-state index in [2.05, 4.69) is 6.07 Å². The van der Waals surface area contributed by atoms with Crippen molar-refractivity contribution in [2.75, 3.05) is 34.9 Å². The number of nitrogens with zero attached hydrogens (tertiary/aromatic N) is 2. The molecule has 0 fully saturated rings.